The van der Waals surface area contributed by atoms with Crippen molar-refractivity contribution in [3.63, 3.8) is 0 Å². The van der Waals surface area contributed by atoms with Gasteiger partial charge in [-0.05, 0) is 12.8 Å². The van der Waals surface area contributed by atoms with E-state index in [0.717, 1.165) is 11.6 Å². The normalized spacial score (nSPS) is 27.6. The number of nitrogens with two attached hydrogens (primary N) is 1. The quantitative estimate of drug-likeness (QED) is 0.801. The predicted molar refractivity (Wildman–Crippen MR) is 58.5 cm³/mol. The molecule has 2 atom stereocenters. The summed E-state index contributed by atoms with van der Waals surface area (Å²) < 4.78 is 4.01. The first kappa shape index (κ1) is 9.86. The van der Waals surface area contributed by atoms with Gasteiger partial charge in [0.1, 0.15) is 6.33 Å². The molecule has 1 aromatic heterocycles. The lowest BCUT2D eigenvalue weighted by atomic mass is 9.90. The summed E-state index contributed by atoms with van der Waals surface area (Å²) in [5.41, 5.74) is 6.10. The summed E-state index contributed by atoms with van der Waals surface area (Å²) in [4.78, 5) is 6.39. The fraction of sp³-hybridized carbons (Fsp3) is 0.778. The molecule has 4 nitrogen and oxygen atoms in total. The van der Waals surface area contributed by atoms with E-state index >= 15 is 0 Å². The Morgan fingerprint density at radius 3 is 2.93 bits per heavy atom. The average Bonchev–Trinajstić information content (AvgIpc) is 2.70. The van der Waals surface area contributed by atoms with Gasteiger partial charge in [0, 0.05) is 30.7 Å². The van der Waals surface area contributed by atoms with Crippen molar-refractivity contribution < 1.29 is 0 Å². The summed E-state index contributed by atoms with van der Waals surface area (Å²) in [7, 11) is 2.07. The van der Waals surface area contributed by atoms with E-state index in [1.165, 1.54) is 30.8 Å². The van der Waals surface area contributed by atoms with Crippen molar-refractivity contribution in [1.29, 1.82) is 0 Å². The zero-order valence-corrected chi connectivity index (χ0v) is 9.20. The molecule has 0 amide bonds. The third-order valence-electron chi connectivity index (χ3n) is 2.93. The largest absolute Gasteiger partial charge is 0.345 e. The lowest BCUT2D eigenvalue weighted by Crippen LogP contribution is -2.48. The summed E-state index contributed by atoms with van der Waals surface area (Å²) in [5, 5.41) is 0.979. The second-order valence-electron chi connectivity index (χ2n) is 3.85. The van der Waals surface area contributed by atoms with E-state index in [9.17, 15) is 0 Å². The molecule has 2 unspecified atom stereocenters. The van der Waals surface area contributed by atoms with Crippen LogP contribution in [0.2, 0.25) is 0 Å². The van der Waals surface area contributed by atoms with Gasteiger partial charge in [0.15, 0.2) is 0 Å². The summed E-state index contributed by atoms with van der Waals surface area (Å²) in [6, 6.07) is 0.731. The second-order valence-corrected chi connectivity index (χ2v) is 4.61. The zero-order chi connectivity index (χ0) is 9.97. The van der Waals surface area contributed by atoms with Crippen LogP contribution >= 0.6 is 11.5 Å². The van der Waals surface area contributed by atoms with Crippen molar-refractivity contribution in [3.8, 4) is 0 Å². The smallest absolute Gasteiger partial charge is 0.204 e. The molecular formula is C9H16N4S. The van der Waals surface area contributed by atoms with Crippen LogP contribution in [0, 0.1) is 0 Å². The molecule has 1 aliphatic carbocycles. The molecule has 1 saturated carbocycles. The van der Waals surface area contributed by atoms with Gasteiger partial charge in [-0.15, -0.1) is 0 Å². The number of hydrogen-bond acceptors (Lipinski definition) is 5. The second kappa shape index (κ2) is 4.23. The minimum absolute atomic E-state index is 0.289. The van der Waals surface area contributed by atoms with Gasteiger partial charge < -0.3 is 10.6 Å². The van der Waals surface area contributed by atoms with Crippen LogP contribution in [0.25, 0.3) is 0 Å². The lowest BCUT2D eigenvalue weighted by Gasteiger charge is -2.35. The van der Waals surface area contributed by atoms with Crippen molar-refractivity contribution in [3.05, 3.63) is 6.33 Å². The maximum absolute atomic E-state index is 6.10. The van der Waals surface area contributed by atoms with E-state index in [4.69, 9.17) is 5.73 Å². The van der Waals surface area contributed by atoms with Crippen LogP contribution in [-0.4, -0.2) is 28.5 Å². The molecule has 1 aromatic rings. The molecule has 0 spiro atoms. The number of aromatic nitrogens is 2. The molecule has 0 aliphatic heterocycles. The highest BCUT2D eigenvalue weighted by atomic mass is 32.1. The van der Waals surface area contributed by atoms with Gasteiger partial charge in [-0.3, -0.25) is 0 Å². The van der Waals surface area contributed by atoms with Gasteiger partial charge in [0.2, 0.25) is 5.13 Å². The summed E-state index contributed by atoms with van der Waals surface area (Å²) in [6.45, 7) is 0. The van der Waals surface area contributed by atoms with Crippen molar-refractivity contribution in [2.45, 2.75) is 37.8 Å². The highest BCUT2D eigenvalue weighted by Gasteiger charge is 2.26. The van der Waals surface area contributed by atoms with Crippen LogP contribution in [0.1, 0.15) is 25.7 Å². The number of hydrogen-bond donors (Lipinski definition) is 1. The molecule has 1 heterocycles. The van der Waals surface area contributed by atoms with E-state index in [0.29, 0.717) is 6.04 Å². The molecule has 78 valence electrons. The minimum atomic E-state index is 0.289. The van der Waals surface area contributed by atoms with Crippen LogP contribution in [0.4, 0.5) is 5.13 Å². The van der Waals surface area contributed by atoms with E-state index in [-0.39, 0.29) is 6.04 Å². The molecule has 0 aromatic carbocycles. The Balaban J connectivity index is 2.06. The van der Waals surface area contributed by atoms with Crippen molar-refractivity contribution >= 4 is 16.7 Å². The summed E-state index contributed by atoms with van der Waals surface area (Å²) >= 11 is 1.44. The Labute approximate surface area is 88.3 Å². The molecule has 1 fully saturated rings. The number of rotatable bonds is 2. The Morgan fingerprint density at radius 2 is 2.29 bits per heavy atom. The van der Waals surface area contributed by atoms with Gasteiger partial charge >= 0.3 is 0 Å². The van der Waals surface area contributed by atoms with Crippen LogP contribution in [0.15, 0.2) is 6.33 Å². The first-order chi connectivity index (χ1) is 6.79. The molecule has 1 aliphatic rings. The van der Waals surface area contributed by atoms with Gasteiger partial charge in [-0.2, -0.15) is 4.37 Å². The van der Waals surface area contributed by atoms with Crippen molar-refractivity contribution in [1.82, 2.24) is 9.36 Å². The number of anilines is 1. The fourth-order valence-corrected chi connectivity index (χ4v) is 2.63. The topological polar surface area (TPSA) is 55.0 Å². The monoisotopic (exact) mass is 212 g/mol. The maximum atomic E-state index is 6.10. The third-order valence-corrected chi connectivity index (χ3v) is 3.69. The molecule has 0 radical (unpaired) electrons. The Morgan fingerprint density at radius 1 is 1.50 bits per heavy atom. The molecule has 2 rings (SSSR count). The fourth-order valence-electron chi connectivity index (χ4n) is 2.09. The lowest BCUT2D eigenvalue weighted by molar-refractivity contribution is 0.373. The van der Waals surface area contributed by atoms with Gasteiger partial charge in [0.05, 0.1) is 0 Å². The van der Waals surface area contributed by atoms with Gasteiger partial charge in [-0.25, -0.2) is 4.98 Å². The standard InChI is InChI=1S/C9H16N4S/c1-13(9-11-6-12-14-9)8-5-3-2-4-7(8)10/h6-8H,2-5,10H2,1H3. The first-order valence-corrected chi connectivity index (χ1v) is 5.81. The number of likely N-dealkylation sites (N-methyl/N-ethyl adjacent to an activating group) is 1. The van der Waals surface area contributed by atoms with Crippen molar-refractivity contribution in [2.24, 2.45) is 5.73 Å². The van der Waals surface area contributed by atoms with Crippen LogP contribution in [-0.2, 0) is 0 Å². The molecular weight excluding hydrogens is 196 g/mol. The van der Waals surface area contributed by atoms with E-state index < -0.39 is 0 Å². The van der Waals surface area contributed by atoms with Crippen LogP contribution in [0.5, 0.6) is 0 Å². The third kappa shape index (κ3) is 1.88. The predicted octanol–water partition coefficient (Wildman–Crippen LogP) is 1.24. The van der Waals surface area contributed by atoms with E-state index in [1.807, 2.05) is 0 Å². The van der Waals surface area contributed by atoms with Gasteiger partial charge in [0.25, 0.3) is 0 Å². The average molecular weight is 212 g/mol. The zero-order valence-electron chi connectivity index (χ0n) is 8.39. The SMILES string of the molecule is CN(c1ncns1)C1CCCCC1N. The minimum Gasteiger partial charge on any atom is -0.345 e. The maximum Gasteiger partial charge on any atom is 0.204 e. The molecule has 2 N–H and O–H groups in total. The highest BCUT2D eigenvalue weighted by molar-refractivity contribution is 7.09. The van der Waals surface area contributed by atoms with Gasteiger partial charge in [-0.1, -0.05) is 12.8 Å². The molecule has 0 bridgehead atoms. The Bertz CT molecular complexity index is 274. The van der Waals surface area contributed by atoms with Crippen molar-refractivity contribution in [2.75, 3.05) is 11.9 Å². The molecule has 0 saturated heterocycles. The first-order valence-electron chi connectivity index (χ1n) is 5.04. The molecule has 14 heavy (non-hydrogen) atoms. The van der Waals surface area contributed by atoms with Crippen LogP contribution < -0.4 is 10.6 Å². The van der Waals surface area contributed by atoms with E-state index in [1.54, 1.807) is 6.33 Å². The van der Waals surface area contributed by atoms with E-state index in [2.05, 4.69) is 21.3 Å². The Kier molecular flexibility index (Phi) is 2.98. The number of nitrogens with zero attached hydrogens (tertiary/aromatic N) is 3. The molecule has 5 heteroatoms. The van der Waals surface area contributed by atoms with Crippen LogP contribution in [0.3, 0.4) is 0 Å². The Hall–Kier alpha value is -0.680. The summed E-state index contributed by atoms with van der Waals surface area (Å²) in [5.74, 6) is 0. The summed E-state index contributed by atoms with van der Waals surface area (Å²) in [6.07, 6.45) is 6.46. The highest BCUT2D eigenvalue weighted by Crippen LogP contribution is 2.25.